The van der Waals surface area contributed by atoms with E-state index in [2.05, 4.69) is 10.3 Å². The summed E-state index contributed by atoms with van der Waals surface area (Å²) >= 11 is 0. The Balaban J connectivity index is 2.11. The first-order valence-corrected chi connectivity index (χ1v) is 5.31. The molecule has 2 aromatic rings. The maximum absolute atomic E-state index is 13.3. The highest BCUT2D eigenvalue weighted by atomic mass is 19.1. The fourth-order valence-corrected chi connectivity index (χ4v) is 1.42. The fraction of sp³-hybridized carbons (Fsp3) is 0.154. The second-order valence-electron chi connectivity index (χ2n) is 3.57. The summed E-state index contributed by atoms with van der Waals surface area (Å²) in [6.07, 6.45) is 1.70. The Morgan fingerprint density at radius 1 is 1.24 bits per heavy atom. The molecule has 0 saturated carbocycles. The largest absolute Gasteiger partial charge is 0.436 e. The average molecular weight is 232 g/mol. The van der Waals surface area contributed by atoms with E-state index in [-0.39, 0.29) is 5.75 Å². The predicted molar refractivity (Wildman–Crippen MR) is 63.5 cm³/mol. The third kappa shape index (κ3) is 3.01. The summed E-state index contributed by atoms with van der Waals surface area (Å²) in [5.74, 6) is 0.171. The van der Waals surface area contributed by atoms with Crippen LogP contribution in [-0.4, -0.2) is 12.0 Å². The van der Waals surface area contributed by atoms with Gasteiger partial charge in [0.15, 0.2) is 11.6 Å². The lowest BCUT2D eigenvalue weighted by atomic mass is 10.3. The van der Waals surface area contributed by atoms with Gasteiger partial charge in [-0.15, -0.1) is 0 Å². The molecular weight excluding hydrogens is 219 g/mol. The summed E-state index contributed by atoms with van der Waals surface area (Å²) in [5.41, 5.74) is 1.05. The van der Waals surface area contributed by atoms with Crippen LogP contribution in [-0.2, 0) is 6.54 Å². The van der Waals surface area contributed by atoms with Crippen molar-refractivity contribution < 1.29 is 9.13 Å². The Hall–Kier alpha value is -1.94. The summed E-state index contributed by atoms with van der Waals surface area (Å²) in [6, 6.07) is 9.86. The number of nitrogens with zero attached hydrogens (tertiary/aromatic N) is 1. The van der Waals surface area contributed by atoms with Crippen LogP contribution in [0.4, 0.5) is 4.39 Å². The number of hydrogen-bond acceptors (Lipinski definition) is 3. The highest BCUT2D eigenvalue weighted by Gasteiger charge is 2.03. The Morgan fingerprint density at radius 3 is 2.71 bits per heavy atom. The zero-order chi connectivity index (χ0) is 12.1. The van der Waals surface area contributed by atoms with Crippen molar-refractivity contribution in [3.63, 3.8) is 0 Å². The molecular formula is C13H13FN2O. The minimum Gasteiger partial charge on any atom is -0.436 e. The fourth-order valence-electron chi connectivity index (χ4n) is 1.42. The molecule has 2 rings (SSSR count). The quantitative estimate of drug-likeness (QED) is 0.880. The molecule has 0 unspecified atom stereocenters. The third-order valence-electron chi connectivity index (χ3n) is 2.23. The molecule has 0 spiro atoms. The van der Waals surface area contributed by atoms with E-state index in [4.69, 9.17) is 4.74 Å². The zero-order valence-electron chi connectivity index (χ0n) is 9.48. The highest BCUT2D eigenvalue weighted by molar-refractivity contribution is 5.29. The molecule has 0 bridgehead atoms. The van der Waals surface area contributed by atoms with E-state index in [9.17, 15) is 4.39 Å². The number of benzene rings is 1. The number of pyridine rings is 1. The average Bonchev–Trinajstić information content (AvgIpc) is 2.35. The molecule has 0 radical (unpaired) electrons. The summed E-state index contributed by atoms with van der Waals surface area (Å²) in [5, 5.41) is 3.02. The molecule has 17 heavy (non-hydrogen) atoms. The van der Waals surface area contributed by atoms with Gasteiger partial charge in [0.1, 0.15) is 0 Å². The van der Waals surface area contributed by atoms with Crippen LogP contribution in [0.25, 0.3) is 0 Å². The van der Waals surface area contributed by atoms with E-state index in [0.29, 0.717) is 5.88 Å². The molecule has 0 fully saturated rings. The smallest absolute Gasteiger partial charge is 0.219 e. The molecule has 0 saturated heterocycles. The van der Waals surface area contributed by atoms with E-state index >= 15 is 0 Å². The minimum atomic E-state index is -0.395. The number of aromatic nitrogens is 1. The van der Waals surface area contributed by atoms with Gasteiger partial charge in [-0.25, -0.2) is 9.37 Å². The Labute approximate surface area is 99.3 Å². The summed E-state index contributed by atoms with van der Waals surface area (Å²) in [4.78, 5) is 4.10. The molecule has 1 heterocycles. The van der Waals surface area contributed by atoms with Crippen molar-refractivity contribution >= 4 is 0 Å². The van der Waals surface area contributed by atoms with Gasteiger partial charge >= 0.3 is 0 Å². The van der Waals surface area contributed by atoms with Crippen LogP contribution in [0, 0.1) is 5.82 Å². The van der Waals surface area contributed by atoms with E-state index in [1.807, 2.05) is 13.1 Å². The number of hydrogen-bond donors (Lipinski definition) is 1. The van der Waals surface area contributed by atoms with E-state index in [0.717, 1.165) is 12.1 Å². The lowest BCUT2D eigenvalue weighted by Crippen LogP contribution is -2.05. The Kier molecular flexibility index (Phi) is 3.67. The van der Waals surface area contributed by atoms with Gasteiger partial charge in [-0.3, -0.25) is 0 Å². The van der Waals surface area contributed by atoms with Crippen LogP contribution in [0.2, 0.25) is 0 Å². The van der Waals surface area contributed by atoms with Crippen LogP contribution in [0.5, 0.6) is 11.6 Å². The monoisotopic (exact) mass is 232 g/mol. The van der Waals surface area contributed by atoms with E-state index in [1.54, 1.807) is 30.5 Å². The number of nitrogens with one attached hydrogen (secondary N) is 1. The normalized spacial score (nSPS) is 10.2. The van der Waals surface area contributed by atoms with Crippen molar-refractivity contribution in [1.82, 2.24) is 10.3 Å². The second kappa shape index (κ2) is 5.41. The number of rotatable bonds is 4. The zero-order valence-corrected chi connectivity index (χ0v) is 9.48. The molecule has 0 aliphatic rings. The van der Waals surface area contributed by atoms with Crippen molar-refractivity contribution in [3.05, 3.63) is 54.0 Å². The van der Waals surface area contributed by atoms with Gasteiger partial charge in [-0.1, -0.05) is 18.2 Å². The first kappa shape index (κ1) is 11.5. The van der Waals surface area contributed by atoms with Gasteiger partial charge in [0, 0.05) is 18.8 Å². The van der Waals surface area contributed by atoms with E-state index in [1.165, 1.54) is 6.07 Å². The van der Waals surface area contributed by atoms with Crippen molar-refractivity contribution in [2.45, 2.75) is 6.54 Å². The van der Waals surface area contributed by atoms with Gasteiger partial charge in [0.2, 0.25) is 5.88 Å². The molecule has 4 heteroatoms. The molecule has 0 aliphatic carbocycles. The molecule has 88 valence electrons. The molecule has 3 nitrogen and oxygen atoms in total. The minimum absolute atomic E-state index is 0.182. The Morgan fingerprint density at radius 2 is 2.06 bits per heavy atom. The van der Waals surface area contributed by atoms with Crippen LogP contribution in [0.1, 0.15) is 5.56 Å². The lowest BCUT2D eigenvalue weighted by molar-refractivity contribution is 0.427. The summed E-state index contributed by atoms with van der Waals surface area (Å²) in [6.45, 7) is 0.743. The lowest BCUT2D eigenvalue weighted by Gasteiger charge is -2.06. The van der Waals surface area contributed by atoms with Crippen LogP contribution >= 0.6 is 0 Å². The van der Waals surface area contributed by atoms with Gasteiger partial charge in [0.05, 0.1) is 0 Å². The Bertz CT molecular complexity index is 485. The maximum Gasteiger partial charge on any atom is 0.219 e. The molecule has 0 atom stereocenters. The van der Waals surface area contributed by atoms with Gasteiger partial charge in [0.25, 0.3) is 0 Å². The molecule has 1 N–H and O–H groups in total. The van der Waals surface area contributed by atoms with Crippen molar-refractivity contribution in [2.75, 3.05) is 7.05 Å². The number of para-hydroxylation sites is 1. The van der Waals surface area contributed by atoms with Crippen molar-refractivity contribution in [3.8, 4) is 11.6 Å². The van der Waals surface area contributed by atoms with E-state index < -0.39 is 5.82 Å². The van der Waals surface area contributed by atoms with Crippen LogP contribution in [0.15, 0.2) is 42.6 Å². The molecule has 0 aliphatic heterocycles. The van der Waals surface area contributed by atoms with Crippen LogP contribution in [0.3, 0.4) is 0 Å². The SMILES string of the molecule is CNCc1ccc(Oc2ccccc2F)nc1. The standard InChI is InChI=1S/C13H13FN2O/c1-15-8-10-6-7-13(16-9-10)17-12-5-3-2-4-11(12)14/h2-7,9,15H,8H2,1H3. The van der Waals surface area contributed by atoms with Gasteiger partial charge in [-0.2, -0.15) is 0 Å². The topological polar surface area (TPSA) is 34.1 Å². The first-order chi connectivity index (χ1) is 8.29. The number of ether oxygens (including phenoxy) is 1. The van der Waals surface area contributed by atoms with Crippen LogP contribution < -0.4 is 10.1 Å². The number of halogens is 1. The first-order valence-electron chi connectivity index (χ1n) is 5.31. The highest BCUT2D eigenvalue weighted by Crippen LogP contribution is 2.22. The summed E-state index contributed by atoms with van der Waals surface area (Å²) < 4.78 is 18.6. The predicted octanol–water partition coefficient (Wildman–Crippen LogP) is 2.73. The molecule has 1 aromatic heterocycles. The second-order valence-corrected chi connectivity index (χ2v) is 3.57. The van der Waals surface area contributed by atoms with Gasteiger partial charge in [-0.05, 0) is 24.7 Å². The third-order valence-corrected chi connectivity index (χ3v) is 2.23. The van der Waals surface area contributed by atoms with Crippen molar-refractivity contribution in [1.29, 1.82) is 0 Å². The molecule has 0 amide bonds. The van der Waals surface area contributed by atoms with Crippen molar-refractivity contribution in [2.24, 2.45) is 0 Å². The molecule has 1 aromatic carbocycles. The maximum atomic E-state index is 13.3. The summed E-state index contributed by atoms with van der Waals surface area (Å²) in [7, 11) is 1.86. The van der Waals surface area contributed by atoms with Gasteiger partial charge < -0.3 is 10.1 Å².